The van der Waals surface area contributed by atoms with E-state index < -0.39 is 12.4 Å². The minimum Gasteiger partial charge on any atom is -0.493 e. The molecule has 90 valence electrons. The Labute approximate surface area is 143 Å². The fourth-order valence-corrected chi connectivity index (χ4v) is 1.49. The third-order valence-electron chi connectivity index (χ3n) is 2.48. The number of hydrogen-bond donors (Lipinski definition) is 0. The van der Waals surface area contributed by atoms with Crippen molar-refractivity contribution in [2.75, 3.05) is 0 Å². The van der Waals surface area contributed by atoms with Crippen LogP contribution in [0.4, 0.5) is 12.9 Å². The largest absolute Gasteiger partial charge is 1.00 e. The summed E-state index contributed by atoms with van der Waals surface area (Å²) in [6.07, 6.45) is 1.25. The zero-order valence-electron chi connectivity index (χ0n) is 10.4. The molecule has 1 nitrogen and oxygen atoms in total. The summed E-state index contributed by atoms with van der Waals surface area (Å²) in [7, 11) is 0. The van der Waals surface area contributed by atoms with E-state index >= 15 is 0 Å². The van der Waals surface area contributed by atoms with Gasteiger partial charge in [0.15, 0.2) is 0 Å². The van der Waals surface area contributed by atoms with E-state index in [-0.39, 0.29) is 63.2 Å². The summed E-state index contributed by atoms with van der Waals surface area (Å²) in [4.78, 5) is 0. The molecule has 0 spiro atoms. The summed E-state index contributed by atoms with van der Waals surface area (Å²) in [5.41, 5.74) is -0.644. The molecule has 1 rings (SSSR count). The Kier molecular flexibility index (Phi) is 8.08. The van der Waals surface area contributed by atoms with Gasteiger partial charge in [0.1, 0.15) is 0 Å². The average Bonchev–Trinajstić information content (AvgIpc) is 2.25. The molecule has 0 fully saturated rings. The van der Waals surface area contributed by atoms with Gasteiger partial charge in [0.2, 0.25) is 0 Å². The van der Waals surface area contributed by atoms with Crippen LogP contribution in [0.1, 0.15) is 26.7 Å². The second-order valence-electron chi connectivity index (χ2n) is 3.67. The molecular formula is C11H15BF3KO. The minimum absolute atomic E-state index is 0. The molecule has 0 atom stereocenters. The molecule has 0 heterocycles. The van der Waals surface area contributed by atoms with Gasteiger partial charge in [-0.3, -0.25) is 0 Å². The number of benzene rings is 1. The molecule has 0 aliphatic carbocycles. The molecule has 0 amide bonds. The quantitative estimate of drug-likeness (QED) is 0.700. The molecule has 0 N–H and O–H groups in total. The summed E-state index contributed by atoms with van der Waals surface area (Å²) in [5.74, 6) is -0.0521. The van der Waals surface area contributed by atoms with Crippen LogP contribution in [0.15, 0.2) is 24.3 Å². The second kappa shape index (κ2) is 7.84. The number of rotatable bonds is 5. The molecule has 0 saturated carbocycles. The molecule has 0 saturated heterocycles. The number of ether oxygens (including phenoxy) is 1. The average molecular weight is 270 g/mol. The van der Waals surface area contributed by atoms with E-state index in [1.807, 2.05) is 13.8 Å². The maximum atomic E-state index is 12.7. The zero-order valence-corrected chi connectivity index (χ0v) is 13.5. The van der Waals surface area contributed by atoms with Crippen LogP contribution in [0, 0.1) is 0 Å². The molecule has 6 heteroatoms. The van der Waals surface area contributed by atoms with Gasteiger partial charge >= 0.3 is 58.4 Å². The van der Waals surface area contributed by atoms with Crippen molar-refractivity contribution in [2.24, 2.45) is 0 Å². The van der Waals surface area contributed by atoms with E-state index in [4.69, 9.17) is 4.74 Å². The first-order chi connectivity index (χ1) is 7.49. The smallest absolute Gasteiger partial charge is 0.493 e. The molecule has 0 aliphatic rings. The Morgan fingerprint density at radius 2 is 1.65 bits per heavy atom. The first-order valence-electron chi connectivity index (χ1n) is 5.44. The zero-order chi connectivity index (χ0) is 12.2. The van der Waals surface area contributed by atoms with Crippen molar-refractivity contribution in [3.05, 3.63) is 24.3 Å². The van der Waals surface area contributed by atoms with E-state index in [1.165, 1.54) is 12.1 Å². The fraction of sp³-hybridized carbons (Fsp3) is 0.455. The monoisotopic (exact) mass is 270 g/mol. The summed E-state index contributed by atoms with van der Waals surface area (Å²) in [5, 5.41) is 0. The summed E-state index contributed by atoms with van der Waals surface area (Å²) in [6, 6.07) is 5.38. The van der Waals surface area contributed by atoms with Gasteiger partial charge < -0.3 is 17.7 Å². The molecule has 0 aliphatic heterocycles. The van der Waals surface area contributed by atoms with Crippen LogP contribution >= 0.6 is 0 Å². The molecule has 17 heavy (non-hydrogen) atoms. The maximum Gasteiger partial charge on any atom is 1.00 e. The third kappa shape index (κ3) is 5.34. The van der Waals surface area contributed by atoms with Crippen molar-refractivity contribution in [1.82, 2.24) is 0 Å². The molecule has 0 unspecified atom stereocenters. The first-order valence-corrected chi connectivity index (χ1v) is 5.44. The van der Waals surface area contributed by atoms with Gasteiger partial charge in [-0.25, -0.2) is 0 Å². The van der Waals surface area contributed by atoms with Gasteiger partial charge in [0.05, 0.1) is 11.9 Å². The summed E-state index contributed by atoms with van der Waals surface area (Å²) < 4.78 is 43.4. The third-order valence-corrected chi connectivity index (χ3v) is 2.48. The molecule has 1 aromatic carbocycles. The molecular weight excluding hydrogens is 255 g/mol. The van der Waals surface area contributed by atoms with Crippen molar-refractivity contribution < 1.29 is 69.1 Å². The van der Waals surface area contributed by atoms with Gasteiger partial charge in [0, 0.05) is 0 Å². The predicted octanol–water partition coefficient (Wildman–Crippen LogP) is 0.312. The predicted molar refractivity (Wildman–Crippen MR) is 60.2 cm³/mol. The molecule has 0 bridgehead atoms. The maximum absolute atomic E-state index is 12.7. The fourth-order valence-electron chi connectivity index (χ4n) is 1.49. The van der Waals surface area contributed by atoms with Crippen molar-refractivity contribution >= 4 is 12.4 Å². The molecule has 0 radical (unpaired) electrons. The second-order valence-corrected chi connectivity index (χ2v) is 3.67. The van der Waals surface area contributed by atoms with Crippen LogP contribution in [-0.2, 0) is 0 Å². The van der Waals surface area contributed by atoms with Crippen molar-refractivity contribution in [3.8, 4) is 5.75 Å². The standard InChI is InChI=1S/C11H15BF3O.K/c1-3-9(4-2)16-11-8-6-5-7-10(11)12(13,14)15;/h5-9H,3-4H2,1-2H3;/q-1;+1. The molecule has 1 aromatic rings. The Morgan fingerprint density at radius 1 is 1.12 bits per heavy atom. The van der Waals surface area contributed by atoms with Crippen LogP contribution in [0.3, 0.4) is 0 Å². The van der Waals surface area contributed by atoms with Gasteiger partial charge in [0.25, 0.3) is 0 Å². The van der Waals surface area contributed by atoms with Crippen LogP contribution in [0.25, 0.3) is 0 Å². The topological polar surface area (TPSA) is 9.23 Å². The Balaban J connectivity index is 0.00000256. The van der Waals surface area contributed by atoms with Gasteiger partial charge in [-0.15, -0.1) is 0 Å². The van der Waals surface area contributed by atoms with E-state index in [0.29, 0.717) is 12.8 Å². The molecule has 0 aromatic heterocycles. The van der Waals surface area contributed by atoms with Crippen LogP contribution in [-0.4, -0.2) is 13.1 Å². The minimum atomic E-state index is -5.01. The van der Waals surface area contributed by atoms with Gasteiger partial charge in [-0.05, 0) is 18.9 Å². The van der Waals surface area contributed by atoms with Crippen molar-refractivity contribution in [2.45, 2.75) is 32.8 Å². The van der Waals surface area contributed by atoms with Crippen LogP contribution < -0.4 is 61.6 Å². The summed E-state index contributed by atoms with van der Waals surface area (Å²) in [6.45, 7) is -1.21. The first kappa shape index (κ1) is 17.5. The van der Waals surface area contributed by atoms with Crippen LogP contribution in [0.5, 0.6) is 5.75 Å². The normalized spacial score (nSPS) is 11.2. The Hall–Kier alpha value is 0.511. The summed E-state index contributed by atoms with van der Waals surface area (Å²) >= 11 is 0. The van der Waals surface area contributed by atoms with Crippen molar-refractivity contribution in [1.29, 1.82) is 0 Å². The number of para-hydroxylation sites is 1. The SMILES string of the molecule is CCC(CC)Oc1ccccc1[B-](F)(F)F.[K+]. The Morgan fingerprint density at radius 3 is 2.12 bits per heavy atom. The number of halogens is 3. The van der Waals surface area contributed by atoms with Crippen LogP contribution in [0.2, 0.25) is 0 Å². The van der Waals surface area contributed by atoms with E-state index in [2.05, 4.69) is 0 Å². The van der Waals surface area contributed by atoms with E-state index in [1.54, 1.807) is 6.07 Å². The van der Waals surface area contributed by atoms with E-state index in [0.717, 1.165) is 6.07 Å². The Bertz CT molecular complexity index is 340. The van der Waals surface area contributed by atoms with Gasteiger partial charge in [-0.1, -0.05) is 37.5 Å². The van der Waals surface area contributed by atoms with Gasteiger partial charge in [-0.2, -0.15) is 0 Å². The van der Waals surface area contributed by atoms with Crippen molar-refractivity contribution in [3.63, 3.8) is 0 Å². The van der Waals surface area contributed by atoms with E-state index in [9.17, 15) is 12.9 Å². The number of hydrogen-bond acceptors (Lipinski definition) is 1.